The zero-order valence-corrected chi connectivity index (χ0v) is 19.3. The Hall–Kier alpha value is -2.36. The first-order chi connectivity index (χ1) is 13.7. The molecule has 1 heterocycles. The molecule has 0 unspecified atom stereocenters. The molecule has 158 valence electrons. The molecule has 0 saturated heterocycles. The number of fused-ring (bicyclic) bond motifs is 1. The van der Waals surface area contributed by atoms with Gasteiger partial charge in [-0.1, -0.05) is 0 Å². The van der Waals surface area contributed by atoms with Gasteiger partial charge in [0.25, 0.3) is 0 Å². The lowest BCUT2D eigenvalue weighted by atomic mass is 10.1. The van der Waals surface area contributed by atoms with Gasteiger partial charge in [0.2, 0.25) is 0 Å². The summed E-state index contributed by atoms with van der Waals surface area (Å²) in [6.07, 6.45) is 1.65. The van der Waals surface area contributed by atoms with Gasteiger partial charge in [-0.2, -0.15) is 0 Å². The maximum absolute atomic E-state index is 5.74. The quantitative estimate of drug-likeness (QED) is 0.349. The Morgan fingerprint density at radius 2 is 1.83 bits per heavy atom. The molecular formula is C21H28IN3O4. The lowest BCUT2D eigenvalue weighted by Gasteiger charge is -2.15. The minimum absolute atomic E-state index is 0. The SMILES string of the molecule is CN=C(NCCc1cc(OC)ccc1OC)Nc1ccc2c(c1)OCCCO2.I. The van der Waals surface area contributed by atoms with Gasteiger partial charge in [0.1, 0.15) is 11.5 Å². The average molecular weight is 513 g/mol. The molecule has 0 fully saturated rings. The second-order valence-electron chi connectivity index (χ2n) is 6.26. The fourth-order valence-corrected chi connectivity index (χ4v) is 2.95. The summed E-state index contributed by atoms with van der Waals surface area (Å²) >= 11 is 0. The number of benzene rings is 2. The zero-order chi connectivity index (χ0) is 19.8. The smallest absolute Gasteiger partial charge is 0.195 e. The first-order valence-electron chi connectivity index (χ1n) is 9.31. The summed E-state index contributed by atoms with van der Waals surface area (Å²) in [7, 11) is 5.07. The van der Waals surface area contributed by atoms with Crippen LogP contribution in [0.25, 0.3) is 0 Å². The van der Waals surface area contributed by atoms with Crippen LogP contribution >= 0.6 is 24.0 Å². The van der Waals surface area contributed by atoms with E-state index in [1.807, 2.05) is 36.4 Å². The molecule has 0 radical (unpaired) electrons. The molecule has 8 heteroatoms. The zero-order valence-electron chi connectivity index (χ0n) is 17.0. The van der Waals surface area contributed by atoms with Crippen LogP contribution in [0.2, 0.25) is 0 Å². The van der Waals surface area contributed by atoms with Crippen LogP contribution in [0.5, 0.6) is 23.0 Å². The number of ether oxygens (including phenoxy) is 4. The number of anilines is 1. The summed E-state index contributed by atoms with van der Waals surface area (Å²) in [4.78, 5) is 4.29. The molecule has 29 heavy (non-hydrogen) atoms. The van der Waals surface area contributed by atoms with Crippen molar-refractivity contribution >= 4 is 35.6 Å². The lowest BCUT2D eigenvalue weighted by molar-refractivity contribution is 0.297. The van der Waals surface area contributed by atoms with Crippen molar-refractivity contribution in [2.75, 3.05) is 46.3 Å². The molecule has 0 amide bonds. The third-order valence-corrected chi connectivity index (χ3v) is 4.41. The van der Waals surface area contributed by atoms with Crippen LogP contribution in [0, 0.1) is 0 Å². The summed E-state index contributed by atoms with van der Waals surface area (Å²) in [5.41, 5.74) is 1.96. The van der Waals surface area contributed by atoms with Gasteiger partial charge in [0.05, 0.1) is 27.4 Å². The van der Waals surface area contributed by atoms with Crippen molar-refractivity contribution in [3.05, 3.63) is 42.0 Å². The molecule has 1 aliphatic heterocycles. The van der Waals surface area contributed by atoms with E-state index >= 15 is 0 Å². The van der Waals surface area contributed by atoms with E-state index < -0.39 is 0 Å². The van der Waals surface area contributed by atoms with E-state index in [-0.39, 0.29) is 24.0 Å². The topological polar surface area (TPSA) is 73.3 Å². The van der Waals surface area contributed by atoms with Gasteiger partial charge in [-0.25, -0.2) is 0 Å². The summed E-state index contributed by atoms with van der Waals surface area (Å²) in [6, 6.07) is 11.6. The molecule has 2 aromatic rings. The molecule has 7 nitrogen and oxygen atoms in total. The predicted octanol–water partition coefficient (Wildman–Crippen LogP) is 3.71. The number of hydrogen-bond acceptors (Lipinski definition) is 5. The third kappa shape index (κ3) is 6.31. The number of rotatable bonds is 6. The Balaban J connectivity index is 0.00000300. The van der Waals surface area contributed by atoms with Gasteiger partial charge in [0.15, 0.2) is 17.5 Å². The van der Waals surface area contributed by atoms with E-state index in [0.29, 0.717) is 25.7 Å². The molecule has 2 N–H and O–H groups in total. The number of hydrogen-bond donors (Lipinski definition) is 2. The van der Waals surface area contributed by atoms with E-state index in [2.05, 4.69) is 15.6 Å². The molecule has 3 rings (SSSR count). The summed E-state index contributed by atoms with van der Waals surface area (Å²) in [5.74, 6) is 3.85. The Morgan fingerprint density at radius 1 is 1.03 bits per heavy atom. The Bertz CT molecular complexity index is 830. The van der Waals surface area contributed by atoms with Gasteiger partial charge in [0, 0.05) is 31.8 Å². The van der Waals surface area contributed by atoms with E-state index in [4.69, 9.17) is 18.9 Å². The molecule has 0 aromatic heterocycles. The van der Waals surface area contributed by atoms with Crippen molar-refractivity contribution in [1.82, 2.24) is 5.32 Å². The predicted molar refractivity (Wildman–Crippen MR) is 126 cm³/mol. The van der Waals surface area contributed by atoms with E-state index in [1.165, 1.54) is 0 Å². The standard InChI is InChI=1S/C21H27N3O4.HI/c1-22-21(23-10-9-15-13-17(25-2)6-8-18(15)26-3)24-16-5-7-19-20(14-16)28-12-4-11-27-19;/h5-8,13-14H,4,9-12H2,1-3H3,(H2,22,23,24);1H. The van der Waals surface area contributed by atoms with Crippen LogP contribution in [-0.4, -0.2) is 47.0 Å². The molecule has 0 spiro atoms. The largest absolute Gasteiger partial charge is 0.497 e. The number of nitrogens with zero attached hydrogens (tertiary/aromatic N) is 1. The van der Waals surface area contributed by atoms with Crippen molar-refractivity contribution in [1.29, 1.82) is 0 Å². The van der Waals surface area contributed by atoms with Crippen LogP contribution in [-0.2, 0) is 6.42 Å². The van der Waals surface area contributed by atoms with Gasteiger partial charge in [-0.05, 0) is 42.3 Å². The summed E-state index contributed by atoms with van der Waals surface area (Å²) in [5, 5.41) is 6.60. The van der Waals surface area contributed by atoms with Crippen LogP contribution < -0.4 is 29.6 Å². The van der Waals surface area contributed by atoms with Crippen molar-refractivity contribution in [3.8, 4) is 23.0 Å². The van der Waals surface area contributed by atoms with Gasteiger partial charge < -0.3 is 29.6 Å². The van der Waals surface area contributed by atoms with Crippen molar-refractivity contribution in [3.63, 3.8) is 0 Å². The highest BCUT2D eigenvalue weighted by Gasteiger charge is 2.11. The Morgan fingerprint density at radius 3 is 2.55 bits per heavy atom. The van der Waals surface area contributed by atoms with Crippen LogP contribution in [0.15, 0.2) is 41.4 Å². The summed E-state index contributed by atoms with van der Waals surface area (Å²) < 4.78 is 22.1. The van der Waals surface area contributed by atoms with Gasteiger partial charge in [-0.3, -0.25) is 4.99 Å². The molecule has 2 aromatic carbocycles. The normalized spacial score (nSPS) is 13.0. The van der Waals surface area contributed by atoms with Crippen LogP contribution in [0.4, 0.5) is 5.69 Å². The first-order valence-corrected chi connectivity index (χ1v) is 9.31. The number of methoxy groups -OCH3 is 2. The lowest BCUT2D eigenvalue weighted by Crippen LogP contribution is -2.32. The monoisotopic (exact) mass is 513 g/mol. The molecule has 0 aliphatic carbocycles. The number of nitrogens with one attached hydrogen (secondary N) is 2. The van der Waals surface area contributed by atoms with Crippen LogP contribution in [0.3, 0.4) is 0 Å². The maximum Gasteiger partial charge on any atom is 0.195 e. The van der Waals surface area contributed by atoms with Crippen molar-refractivity contribution in [2.45, 2.75) is 12.8 Å². The second-order valence-corrected chi connectivity index (χ2v) is 6.26. The second kappa shape index (κ2) is 11.6. The third-order valence-electron chi connectivity index (χ3n) is 4.41. The molecule has 0 saturated carbocycles. The Kier molecular flexibility index (Phi) is 9.17. The average Bonchev–Trinajstić information content (AvgIpc) is 2.97. The van der Waals surface area contributed by atoms with E-state index in [1.54, 1.807) is 21.3 Å². The number of halogens is 1. The molecule has 1 aliphatic rings. The highest BCUT2D eigenvalue weighted by Crippen LogP contribution is 2.32. The summed E-state index contributed by atoms with van der Waals surface area (Å²) in [6.45, 7) is 2.02. The molecule has 0 atom stereocenters. The highest BCUT2D eigenvalue weighted by atomic mass is 127. The number of guanidine groups is 1. The van der Waals surface area contributed by atoms with Crippen LogP contribution in [0.1, 0.15) is 12.0 Å². The van der Waals surface area contributed by atoms with Gasteiger partial charge >= 0.3 is 0 Å². The van der Waals surface area contributed by atoms with Crippen molar-refractivity contribution < 1.29 is 18.9 Å². The minimum atomic E-state index is 0. The van der Waals surface area contributed by atoms with Crippen molar-refractivity contribution in [2.24, 2.45) is 4.99 Å². The fourth-order valence-electron chi connectivity index (χ4n) is 2.95. The highest BCUT2D eigenvalue weighted by molar-refractivity contribution is 14.0. The van der Waals surface area contributed by atoms with Gasteiger partial charge in [-0.15, -0.1) is 24.0 Å². The molecular weight excluding hydrogens is 485 g/mol. The number of aliphatic imine (C=N–C) groups is 1. The van der Waals surface area contributed by atoms with E-state index in [9.17, 15) is 0 Å². The minimum Gasteiger partial charge on any atom is -0.497 e. The first kappa shape index (κ1) is 22.9. The fraction of sp³-hybridized carbons (Fsp3) is 0.381. The molecule has 0 bridgehead atoms. The van der Waals surface area contributed by atoms with E-state index in [0.717, 1.165) is 47.1 Å². The Labute approximate surface area is 188 Å². The maximum atomic E-state index is 5.74.